The number of hydrogen-bond donors (Lipinski definition) is 2. The average Bonchev–Trinajstić information content (AvgIpc) is 2.72. The zero-order chi connectivity index (χ0) is 18.6. The van der Waals surface area contributed by atoms with Crippen molar-refractivity contribution in [1.29, 1.82) is 0 Å². The number of hydrazine groups is 1. The van der Waals surface area contributed by atoms with Crippen molar-refractivity contribution in [2.75, 3.05) is 11.4 Å². The Morgan fingerprint density at radius 1 is 0.889 bits per heavy atom. The molecule has 0 aromatic heterocycles. The minimum Gasteiger partial charge on any atom is -0.453 e. The standard InChI is InChI=1S/C22H21N3O2/c1-2-23-24-22(26)17-13-11-16(12-14-17)15-25-18-7-3-5-9-20(18)27-21-10-6-4-8-19(21)25/h3-14,23H,2,15H2,1H3,(H,24,26). The van der Waals surface area contributed by atoms with E-state index in [-0.39, 0.29) is 5.91 Å². The van der Waals surface area contributed by atoms with Crippen LogP contribution in [0.4, 0.5) is 11.4 Å². The number of carbonyl (C=O) groups is 1. The predicted octanol–water partition coefficient (Wildman–Crippen LogP) is 4.38. The number of nitrogens with one attached hydrogen (secondary N) is 2. The van der Waals surface area contributed by atoms with Crippen molar-refractivity contribution < 1.29 is 9.53 Å². The first kappa shape index (κ1) is 17.1. The van der Waals surface area contributed by atoms with Crippen molar-refractivity contribution in [3.05, 3.63) is 83.9 Å². The Morgan fingerprint density at radius 2 is 1.48 bits per heavy atom. The summed E-state index contributed by atoms with van der Waals surface area (Å²) in [4.78, 5) is 14.3. The number of benzene rings is 3. The Kier molecular flexibility index (Phi) is 4.77. The van der Waals surface area contributed by atoms with Crippen LogP contribution in [0.1, 0.15) is 22.8 Å². The number of nitrogens with zero attached hydrogens (tertiary/aromatic N) is 1. The molecular weight excluding hydrogens is 338 g/mol. The van der Waals surface area contributed by atoms with E-state index in [1.54, 1.807) is 0 Å². The molecule has 3 aromatic carbocycles. The smallest absolute Gasteiger partial charge is 0.265 e. The lowest BCUT2D eigenvalue weighted by atomic mass is 10.1. The van der Waals surface area contributed by atoms with Gasteiger partial charge in [0.15, 0.2) is 11.5 Å². The van der Waals surface area contributed by atoms with Crippen LogP contribution in [-0.2, 0) is 6.54 Å². The van der Waals surface area contributed by atoms with Gasteiger partial charge in [-0.25, -0.2) is 5.43 Å². The maximum Gasteiger partial charge on any atom is 0.265 e. The predicted molar refractivity (Wildman–Crippen MR) is 106 cm³/mol. The first-order chi connectivity index (χ1) is 13.3. The van der Waals surface area contributed by atoms with Crippen molar-refractivity contribution >= 4 is 17.3 Å². The van der Waals surface area contributed by atoms with Gasteiger partial charge in [0.25, 0.3) is 5.91 Å². The van der Waals surface area contributed by atoms with E-state index in [1.807, 2.05) is 67.6 Å². The quantitative estimate of drug-likeness (QED) is 0.664. The first-order valence-corrected chi connectivity index (χ1v) is 9.02. The lowest BCUT2D eigenvalue weighted by molar-refractivity contribution is 0.0934. The second kappa shape index (κ2) is 7.51. The molecule has 136 valence electrons. The van der Waals surface area contributed by atoms with Crippen LogP contribution in [0.15, 0.2) is 72.8 Å². The highest BCUT2D eigenvalue weighted by Gasteiger charge is 2.23. The number of carbonyl (C=O) groups excluding carboxylic acids is 1. The van der Waals surface area contributed by atoms with Crippen LogP contribution in [0.2, 0.25) is 0 Å². The van der Waals surface area contributed by atoms with E-state index in [2.05, 4.69) is 27.9 Å². The van der Waals surface area contributed by atoms with Crippen LogP contribution in [0.3, 0.4) is 0 Å². The fourth-order valence-corrected chi connectivity index (χ4v) is 3.14. The summed E-state index contributed by atoms with van der Waals surface area (Å²) in [5, 5.41) is 0. The Labute approximate surface area is 158 Å². The molecule has 0 saturated carbocycles. The summed E-state index contributed by atoms with van der Waals surface area (Å²) in [5.74, 6) is 1.56. The zero-order valence-corrected chi connectivity index (χ0v) is 15.1. The minimum absolute atomic E-state index is 0.134. The number of hydrogen-bond acceptors (Lipinski definition) is 4. The second-order valence-electron chi connectivity index (χ2n) is 6.31. The molecular formula is C22H21N3O2. The van der Waals surface area contributed by atoms with E-state index in [0.717, 1.165) is 28.4 Å². The zero-order valence-electron chi connectivity index (χ0n) is 15.1. The average molecular weight is 359 g/mol. The molecule has 3 aromatic rings. The molecule has 0 spiro atoms. The highest BCUT2D eigenvalue weighted by atomic mass is 16.5. The molecule has 4 rings (SSSR count). The maximum absolute atomic E-state index is 12.0. The second-order valence-corrected chi connectivity index (χ2v) is 6.31. The van der Waals surface area contributed by atoms with Crippen molar-refractivity contribution in [2.45, 2.75) is 13.5 Å². The Balaban J connectivity index is 1.60. The monoisotopic (exact) mass is 359 g/mol. The van der Waals surface area contributed by atoms with E-state index < -0.39 is 0 Å². The van der Waals surface area contributed by atoms with Crippen LogP contribution in [0.25, 0.3) is 0 Å². The fraction of sp³-hybridized carbons (Fsp3) is 0.136. The molecule has 27 heavy (non-hydrogen) atoms. The third-order valence-corrected chi connectivity index (χ3v) is 4.47. The number of ether oxygens (including phenoxy) is 1. The summed E-state index contributed by atoms with van der Waals surface area (Å²) in [6.07, 6.45) is 0. The molecule has 0 saturated heterocycles. The molecule has 0 atom stereocenters. The van der Waals surface area contributed by atoms with Gasteiger partial charge in [-0.2, -0.15) is 0 Å². The molecule has 1 heterocycles. The van der Waals surface area contributed by atoms with Crippen LogP contribution < -0.4 is 20.5 Å². The van der Waals surface area contributed by atoms with Crippen LogP contribution in [0.5, 0.6) is 11.5 Å². The topological polar surface area (TPSA) is 53.6 Å². The fourth-order valence-electron chi connectivity index (χ4n) is 3.14. The van der Waals surface area contributed by atoms with Gasteiger partial charge in [0.2, 0.25) is 0 Å². The highest BCUT2D eigenvalue weighted by Crippen LogP contribution is 2.46. The van der Waals surface area contributed by atoms with Gasteiger partial charge in [-0.15, -0.1) is 0 Å². The van der Waals surface area contributed by atoms with E-state index in [0.29, 0.717) is 18.7 Å². The third-order valence-electron chi connectivity index (χ3n) is 4.47. The van der Waals surface area contributed by atoms with E-state index >= 15 is 0 Å². The lowest BCUT2D eigenvalue weighted by Gasteiger charge is -2.32. The van der Waals surface area contributed by atoms with Gasteiger partial charge in [-0.3, -0.25) is 10.2 Å². The van der Waals surface area contributed by atoms with Crippen molar-refractivity contribution in [1.82, 2.24) is 10.9 Å². The molecule has 2 N–H and O–H groups in total. The van der Waals surface area contributed by atoms with Gasteiger partial charge in [0, 0.05) is 18.7 Å². The molecule has 1 amide bonds. The molecule has 5 nitrogen and oxygen atoms in total. The van der Waals surface area contributed by atoms with Gasteiger partial charge in [0.05, 0.1) is 11.4 Å². The number of rotatable bonds is 5. The van der Waals surface area contributed by atoms with E-state index in [4.69, 9.17) is 4.74 Å². The molecule has 1 aliphatic rings. The van der Waals surface area contributed by atoms with Gasteiger partial charge in [0.1, 0.15) is 0 Å². The molecule has 0 unspecified atom stereocenters. The lowest BCUT2D eigenvalue weighted by Crippen LogP contribution is -2.37. The first-order valence-electron chi connectivity index (χ1n) is 9.02. The normalized spacial score (nSPS) is 12.0. The summed E-state index contributed by atoms with van der Waals surface area (Å²) in [6.45, 7) is 3.30. The number of anilines is 2. The van der Waals surface area contributed by atoms with Crippen LogP contribution in [0, 0.1) is 0 Å². The molecule has 1 aliphatic heterocycles. The molecule has 0 fully saturated rings. The summed E-state index contributed by atoms with van der Waals surface area (Å²) < 4.78 is 6.03. The summed E-state index contributed by atoms with van der Waals surface area (Å²) in [7, 11) is 0. The molecule has 0 bridgehead atoms. The Morgan fingerprint density at radius 3 is 2.07 bits per heavy atom. The van der Waals surface area contributed by atoms with E-state index in [9.17, 15) is 4.79 Å². The molecule has 5 heteroatoms. The van der Waals surface area contributed by atoms with Gasteiger partial charge in [-0.05, 0) is 42.0 Å². The van der Waals surface area contributed by atoms with Crippen LogP contribution >= 0.6 is 0 Å². The maximum atomic E-state index is 12.0. The number of para-hydroxylation sites is 4. The third kappa shape index (κ3) is 3.50. The van der Waals surface area contributed by atoms with Gasteiger partial charge in [-0.1, -0.05) is 43.3 Å². The molecule has 0 aliphatic carbocycles. The molecule has 0 radical (unpaired) electrons. The summed E-state index contributed by atoms with van der Waals surface area (Å²) >= 11 is 0. The Bertz CT molecular complexity index is 908. The van der Waals surface area contributed by atoms with Gasteiger partial charge < -0.3 is 9.64 Å². The highest BCUT2D eigenvalue weighted by molar-refractivity contribution is 5.93. The summed E-state index contributed by atoms with van der Waals surface area (Å²) in [5.41, 5.74) is 9.29. The number of fused-ring (bicyclic) bond motifs is 2. The van der Waals surface area contributed by atoms with Crippen molar-refractivity contribution in [3.63, 3.8) is 0 Å². The number of amides is 1. The summed E-state index contributed by atoms with van der Waals surface area (Å²) in [6, 6.07) is 23.7. The van der Waals surface area contributed by atoms with Crippen LogP contribution in [-0.4, -0.2) is 12.5 Å². The Hall–Kier alpha value is -3.31. The SMILES string of the molecule is CCNNC(=O)c1ccc(CN2c3ccccc3Oc3ccccc32)cc1. The minimum atomic E-state index is -0.134. The largest absolute Gasteiger partial charge is 0.453 e. The van der Waals surface area contributed by atoms with Crippen molar-refractivity contribution in [3.8, 4) is 11.5 Å². The van der Waals surface area contributed by atoms with Crippen molar-refractivity contribution in [2.24, 2.45) is 0 Å². The van der Waals surface area contributed by atoms with E-state index in [1.165, 1.54) is 0 Å². The van der Waals surface area contributed by atoms with Gasteiger partial charge >= 0.3 is 0 Å².